The highest BCUT2D eigenvalue weighted by molar-refractivity contribution is 7.90. The van der Waals surface area contributed by atoms with Crippen LogP contribution in [-0.2, 0) is 20.0 Å². The lowest BCUT2D eigenvalue weighted by molar-refractivity contribution is -0.147. The molecule has 1 N–H and O–H groups in total. The predicted molar refractivity (Wildman–Crippen MR) is 62.7 cm³/mol. The molecule has 1 aliphatic carbocycles. The second-order valence-corrected chi connectivity index (χ2v) is 6.70. The van der Waals surface area contributed by atoms with Crippen molar-refractivity contribution in [1.82, 2.24) is 0 Å². The molecule has 1 saturated carbocycles. The molecule has 1 fully saturated rings. The van der Waals surface area contributed by atoms with Gasteiger partial charge in [0.25, 0.3) is 0 Å². The Bertz CT molecular complexity index is 603. The van der Waals surface area contributed by atoms with Gasteiger partial charge in [-0.05, 0) is 36.6 Å². The standard InChI is InChI=1S/C12H13FO4S/c1-18(16,17)10-6-8(5-9(13)7-10)12(11(14)15)3-2-4-12/h5-7H,2-4H2,1H3,(H,14,15). The molecule has 1 aromatic rings. The largest absolute Gasteiger partial charge is 0.481 e. The summed E-state index contributed by atoms with van der Waals surface area (Å²) < 4.78 is 36.3. The van der Waals surface area contributed by atoms with Crippen molar-refractivity contribution in [3.05, 3.63) is 29.6 Å². The van der Waals surface area contributed by atoms with E-state index in [1.165, 1.54) is 6.07 Å². The summed E-state index contributed by atoms with van der Waals surface area (Å²) in [5.74, 6) is -1.75. The second-order valence-electron chi connectivity index (χ2n) is 4.69. The first-order valence-electron chi connectivity index (χ1n) is 5.50. The number of carboxylic acid groups (broad SMARTS) is 1. The molecule has 6 heteroatoms. The normalized spacial score (nSPS) is 18.1. The fraction of sp³-hybridized carbons (Fsp3) is 0.417. The van der Waals surface area contributed by atoms with Gasteiger partial charge in [-0.25, -0.2) is 12.8 Å². The van der Waals surface area contributed by atoms with E-state index in [1.807, 2.05) is 0 Å². The molecule has 0 aliphatic heterocycles. The van der Waals surface area contributed by atoms with Gasteiger partial charge in [0, 0.05) is 6.26 Å². The summed E-state index contributed by atoms with van der Waals surface area (Å²) in [6.07, 6.45) is 2.54. The Balaban J connectivity index is 2.59. The van der Waals surface area contributed by atoms with Crippen LogP contribution in [0.15, 0.2) is 23.1 Å². The molecule has 0 atom stereocenters. The molecule has 0 saturated heterocycles. The lowest BCUT2D eigenvalue weighted by Crippen LogP contribution is -2.42. The number of sulfone groups is 1. The van der Waals surface area contributed by atoms with Gasteiger partial charge in [-0.2, -0.15) is 0 Å². The van der Waals surface area contributed by atoms with Crippen molar-refractivity contribution in [3.8, 4) is 0 Å². The van der Waals surface area contributed by atoms with Gasteiger partial charge in [0.15, 0.2) is 9.84 Å². The van der Waals surface area contributed by atoms with E-state index in [0.717, 1.165) is 24.8 Å². The highest BCUT2D eigenvalue weighted by atomic mass is 32.2. The molecule has 4 nitrogen and oxygen atoms in total. The fourth-order valence-electron chi connectivity index (χ4n) is 2.21. The van der Waals surface area contributed by atoms with Crippen molar-refractivity contribution < 1.29 is 22.7 Å². The van der Waals surface area contributed by atoms with Gasteiger partial charge in [0.2, 0.25) is 0 Å². The maximum atomic E-state index is 13.5. The maximum Gasteiger partial charge on any atom is 0.314 e. The molecule has 0 heterocycles. The predicted octanol–water partition coefficient (Wildman–Crippen LogP) is 1.74. The number of halogens is 1. The van der Waals surface area contributed by atoms with E-state index in [1.54, 1.807) is 0 Å². The average Bonchev–Trinajstić information content (AvgIpc) is 2.12. The third-order valence-electron chi connectivity index (χ3n) is 3.47. The molecule has 1 aromatic carbocycles. The van der Waals surface area contributed by atoms with Crippen LogP contribution in [0, 0.1) is 5.82 Å². The quantitative estimate of drug-likeness (QED) is 0.909. The molecule has 2 rings (SSSR count). The monoisotopic (exact) mass is 272 g/mol. The Kier molecular flexibility index (Phi) is 2.93. The van der Waals surface area contributed by atoms with Crippen LogP contribution in [0.5, 0.6) is 0 Å². The van der Waals surface area contributed by atoms with E-state index < -0.39 is 27.0 Å². The topological polar surface area (TPSA) is 71.4 Å². The molecule has 0 amide bonds. The SMILES string of the molecule is CS(=O)(=O)c1cc(F)cc(C2(C(=O)O)CCC2)c1. The van der Waals surface area contributed by atoms with Gasteiger partial charge in [-0.15, -0.1) is 0 Å². The maximum absolute atomic E-state index is 13.5. The summed E-state index contributed by atoms with van der Waals surface area (Å²) in [6, 6.07) is 3.29. The van der Waals surface area contributed by atoms with Crippen LogP contribution < -0.4 is 0 Å². The third-order valence-corrected chi connectivity index (χ3v) is 4.56. The first-order valence-corrected chi connectivity index (χ1v) is 7.39. The highest BCUT2D eigenvalue weighted by Gasteiger charge is 2.46. The summed E-state index contributed by atoms with van der Waals surface area (Å²) in [5.41, 5.74) is -0.886. The van der Waals surface area contributed by atoms with Crippen LogP contribution in [0.4, 0.5) is 4.39 Å². The molecule has 98 valence electrons. The molecular formula is C12H13FO4S. The summed E-state index contributed by atoms with van der Waals surface area (Å²) in [5, 5.41) is 9.25. The highest BCUT2D eigenvalue weighted by Crippen LogP contribution is 2.44. The van der Waals surface area contributed by atoms with Gasteiger partial charge >= 0.3 is 5.97 Å². The van der Waals surface area contributed by atoms with Crippen LogP contribution in [0.2, 0.25) is 0 Å². The minimum atomic E-state index is -3.55. The average molecular weight is 272 g/mol. The van der Waals surface area contributed by atoms with Crippen molar-refractivity contribution in [1.29, 1.82) is 0 Å². The van der Waals surface area contributed by atoms with Crippen LogP contribution >= 0.6 is 0 Å². The van der Waals surface area contributed by atoms with E-state index in [-0.39, 0.29) is 10.5 Å². The molecule has 0 aromatic heterocycles. The third kappa shape index (κ3) is 2.01. The van der Waals surface area contributed by atoms with E-state index >= 15 is 0 Å². The van der Waals surface area contributed by atoms with E-state index in [4.69, 9.17) is 0 Å². The number of hydrogen-bond donors (Lipinski definition) is 1. The van der Waals surface area contributed by atoms with Crippen LogP contribution in [0.25, 0.3) is 0 Å². The smallest absolute Gasteiger partial charge is 0.314 e. The van der Waals surface area contributed by atoms with E-state index in [2.05, 4.69) is 0 Å². The van der Waals surface area contributed by atoms with Gasteiger partial charge in [0.1, 0.15) is 5.82 Å². The molecule has 0 radical (unpaired) electrons. The summed E-state index contributed by atoms with van der Waals surface area (Å²) in [4.78, 5) is 11.1. The van der Waals surface area contributed by atoms with Crippen molar-refractivity contribution in [2.45, 2.75) is 29.6 Å². The van der Waals surface area contributed by atoms with Crippen molar-refractivity contribution >= 4 is 15.8 Å². The number of aliphatic carboxylic acids is 1. The van der Waals surface area contributed by atoms with Crippen molar-refractivity contribution in [3.63, 3.8) is 0 Å². The number of rotatable bonds is 3. The van der Waals surface area contributed by atoms with Crippen LogP contribution in [0.3, 0.4) is 0 Å². The van der Waals surface area contributed by atoms with Gasteiger partial charge in [0.05, 0.1) is 10.3 Å². The van der Waals surface area contributed by atoms with Gasteiger partial charge in [-0.1, -0.05) is 6.42 Å². The van der Waals surface area contributed by atoms with Crippen molar-refractivity contribution in [2.24, 2.45) is 0 Å². The van der Waals surface area contributed by atoms with Gasteiger partial charge < -0.3 is 5.11 Å². The Morgan fingerprint density at radius 1 is 1.33 bits per heavy atom. The Morgan fingerprint density at radius 2 is 1.94 bits per heavy atom. The molecule has 1 aliphatic rings. The zero-order valence-corrected chi connectivity index (χ0v) is 10.6. The zero-order valence-electron chi connectivity index (χ0n) is 9.81. The lowest BCUT2D eigenvalue weighted by Gasteiger charge is -2.38. The number of carbonyl (C=O) groups is 1. The Hall–Kier alpha value is -1.43. The Morgan fingerprint density at radius 3 is 2.33 bits per heavy atom. The molecule has 0 spiro atoms. The fourth-order valence-corrected chi connectivity index (χ4v) is 2.88. The van der Waals surface area contributed by atoms with E-state index in [9.17, 15) is 22.7 Å². The summed E-state index contributed by atoms with van der Waals surface area (Å²) >= 11 is 0. The molecule has 0 bridgehead atoms. The number of carboxylic acids is 1. The molecule has 0 unspecified atom stereocenters. The zero-order chi connectivity index (χ0) is 13.6. The minimum Gasteiger partial charge on any atom is -0.481 e. The Labute approximate surface area is 104 Å². The van der Waals surface area contributed by atoms with E-state index in [0.29, 0.717) is 12.8 Å². The first-order chi connectivity index (χ1) is 8.25. The van der Waals surface area contributed by atoms with Crippen LogP contribution in [0.1, 0.15) is 24.8 Å². The van der Waals surface area contributed by atoms with Gasteiger partial charge in [-0.3, -0.25) is 4.79 Å². The van der Waals surface area contributed by atoms with Crippen LogP contribution in [-0.4, -0.2) is 25.7 Å². The second kappa shape index (κ2) is 4.05. The number of hydrogen-bond acceptors (Lipinski definition) is 3. The summed E-state index contributed by atoms with van der Waals surface area (Å²) in [7, 11) is -3.55. The first kappa shape index (κ1) is 13.0. The number of benzene rings is 1. The van der Waals surface area contributed by atoms with Crippen molar-refractivity contribution in [2.75, 3.05) is 6.26 Å². The minimum absolute atomic E-state index is 0.176. The molecular weight excluding hydrogens is 259 g/mol. The lowest BCUT2D eigenvalue weighted by atomic mass is 9.64. The summed E-state index contributed by atoms with van der Waals surface area (Å²) in [6.45, 7) is 0. The molecule has 18 heavy (non-hydrogen) atoms.